The second-order valence-corrected chi connectivity index (χ2v) is 6.96. The van der Waals surface area contributed by atoms with Crippen molar-refractivity contribution in [2.45, 2.75) is 6.92 Å². The number of nitriles is 1. The number of methoxy groups -OCH3 is 1. The van der Waals surface area contributed by atoms with E-state index in [0.29, 0.717) is 36.2 Å². The Labute approximate surface area is 188 Å². The van der Waals surface area contributed by atoms with Crippen molar-refractivity contribution in [3.8, 4) is 11.8 Å². The fraction of sp³-hybridized carbons (Fsp3) is 0.192. The number of nitrogens with zero attached hydrogens (tertiary/aromatic N) is 4. The summed E-state index contributed by atoms with van der Waals surface area (Å²) in [6.45, 7) is 6.81. The van der Waals surface area contributed by atoms with Crippen molar-refractivity contribution in [3.05, 3.63) is 84.7 Å². The van der Waals surface area contributed by atoms with E-state index < -0.39 is 0 Å². The smallest absolute Gasteiger partial charge is 0.162 e. The van der Waals surface area contributed by atoms with Gasteiger partial charge in [0.2, 0.25) is 0 Å². The van der Waals surface area contributed by atoms with E-state index in [1.54, 1.807) is 19.3 Å². The SMILES string of the molecule is C=C/C(=C\C=C/C)c1nc(N(C)c2cccc(C#N)c2)c2cc(OCCOC)ccc2n1. The molecular weight excluding hydrogens is 400 g/mol. The van der Waals surface area contributed by atoms with Crippen LogP contribution in [0.25, 0.3) is 16.5 Å². The molecule has 32 heavy (non-hydrogen) atoms. The van der Waals surface area contributed by atoms with Crippen LogP contribution in [0, 0.1) is 11.3 Å². The van der Waals surface area contributed by atoms with E-state index in [-0.39, 0.29) is 0 Å². The number of anilines is 2. The van der Waals surface area contributed by atoms with E-state index in [4.69, 9.17) is 19.4 Å². The summed E-state index contributed by atoms with van der Waals surface area (Å²) in [7, 11) is 3.56. The number of fused-ring (bicyclic) bond motifs is 1. The molecule has 0 unspecified atom stereocenters. The van der Waals surface area contributed by atoms with Crippen LogP contribution in [0.5, 0.6) is 5.75 Å². The van der Waals surface area contributed by atoms with Gasteiger partial charge in [-0.3, -0.25) is 0 Å². The number of hydrogen-bond donors (Lipinski definition) is 0. The van der Waals surface area contributed by atoms with Gasteiger partial charge in [0.25, 0.3) is 0 Å². The lowest BCUT2D eigenvalue weighted by molar-refractivity contribution is 0.146. The molecule has 0 spiro atoms. The van der Waals surface area contributed by atoms with E-state index in [9.17, 15) is 5.26 Å². The Morgan fingerprint density at radius 1 is 1.19 bits per heavy atom. The molecule has 3 rings (SSSR count). The Balaban J connectivity index is 2.18. The van der Waals surface area contributed by atoms with Gasteiger partial charge in [0.1, 0.15) is 18.2 Å². The zero-order valence-corrected chi connectivity index (χ0v) is 18.6. The quantitative estimate of drug-likeness (QED) is 0.335. The molecule has 3 aromatic rings. The van der Waals surface area contributed by atoms with Gasteiger partial charge in [0.05, 0.1) is 23.8 Å². The zero-order chi connectivity index (χ0) is 22.9. The number of rotatable bonds is 9. The van der Waals surface area contributed by atoms with E-state index >= 15 is 0 Å². The van der Waals surface area contributed by atoms with Crippen LogP contribution in [-0.4, -0.2) is 37.3 Å². The number of benzene rings is 2. The van der Waals surface area contributed by atoms with Gasteiger partial charge in [-0.2, -0.15) is 5.26 Å². The molecule has 6 heteroatoms. The van der Waals surface area contributed by atoms with Crippen LogP contribution in [0.2, 0.25) is 0 Å². The molecule has 0 atom stereocenters. The van der Waals surface area contributed by atoms with Gasteiger partial charge in [-0.05, 0) is 43.3 Å². The van der Waals surface area contributed by atoms with Crippen molar-refractivity contribution >= 4 is 28.0 Å². The fourth-order valence-electron chi connectivity index (χ4n) is 3.15. The summed E-state index contributed by atoms with van der Waals surface area (Å²) in [5, 5.41) is 10.1. The fourth-order valence-corrected chi connectivity index (χ4v) is 3.15. The van der Waals surface area contributed by atoms with Crippen LogP contribution in [0.1, 0.15) is 18.3 Å². The van der Waals surface area contributed by atoms with Crippen LogP contribution in [0.15, 0.2) is 73.3 Å². The molecule has 0 saturated heterocycles. The van der Waals surface area contributed by atoms with Crippen LogP contribution < -0.4 is 9.64 Å². The third-order valence-corrected chi connectivity index (χ3v) is 4.83. The topological polar surface area (TPSA) is 71.3 Å². The number of allylic oxidation sites excluding steroid dienone is 5. The molecule has 2 aromatic carbocycles. The highest BCUT2D eigenvalue weighted by Gasteiger charge is 2.16. The molecule has 6 nitrogen and oxygen atoms in total. The molecule has 0 radical (unpaired) electrons. The maximum atomic E-state index is 9.31. The van der Waals surface area contributed by atoms with Crippen LogP contribution >= 0.6 is 0 Å². The zero-order valence-electron chi connectivity index (χ0n) is 18.6. The first-order valence-electron chi connectivity index (χ1n) is 10.2. The lowest BCUT2D eigenvalue weighted by Gasteiger charge is -2.21. The average Bonchev–Trinajstić information content (AvgIpc) is 2.83. The summed E-state index contributed by atoms with van der Waals surface area (Å²) in [5.41, 5.74) is 3.01. The number of ether oxygens (including phenoxy) is 2. The predicted molar refractivity (Wildman–Crippen MR) is 129 cm³/mol. The van der Waals surface area contributed by atoms with E-state index in [1.807, 2.05) is 73.5 Å². The first-order chi connectivity index (χ1) is 15.6. The maximum absolute atomic E-state index is 9.31. The van der Waals surface area contributed by atoms with Crippen LogP contribution in [0.3, 0.4) is 0 Å². The van der Waals surface area contributed by atoms with Crippen molar-refractivity contribution in [3.63, 3.8) is 0 Å². The monoisotopic (exact) mass is 426 g/mol. The lowest BCUT2D eigenvalue weighted by atomic mass is 10.1. The van der Waals surface area contributed by atoms with Crippen molar-refractivity contribution in [1.82, 2.24) is 9.97 Å². The first-order valence-corrected chi connectivity index (χ1v) is 10.2. The van der Waals surface area contributed by atoms with Crippen LogP contribution in [-0.2, 0) is 4.74 Å². The Bertz CT molecular complexity index is 1210. The molecule has 0 aliphatic rings. The van der Waals surface area contributed by atoms with Crippen molar-refractivity contribution in [1.29, 1.82) is 5.26 Å². The highest BCUT2D eigenvalue weighted by atomic mass is 16.5. The predicted octanol–water partition coefficient (Wildman–Crippen LogP) is 5.44. The number of aromatic nitrogens is 2. The van der Waals surface area contributed by atoms with Crippen molar-refractivity contribution in [2.24, 2.45) is 0 Å². The summed E-state index contributed by atoms with van der Waals surface area (Å²) >= 11 is 0. The van der Waals surface area contributed by atoms with E-state index in [2.05, 4.69) is 12.6 Å². The maximum Gasteiger partial charge on any atom is 0.162 e. The van der Waals surface area contributed by atoms with Crippen molar-refractivity contribution in [2.75, 3.05) is 32.3 Å². The van der Waals surface area contributed by atoms with Gasteiger partial charge < -0.3 is 14.4 Å². The standard InChI is InChI=1S/C26H26N4O2/c1-5-7-10-20(6-2)25-28-24-13-12-22(32-15-14-31-4)17-23(24)26(29-25)30(3)21-11-8-9-19(16-21)18-27/h5-13,16-17H,2,14-15H2,1,3-4H3/b7-5-,20-10+. The Morgan fingerprint density at radius 2 is 2.03 bits per heavy atom. The second-order valence-electron chi connectivity index (χ2n) is 6.96. The van der Waals surface area contributed by atoms with Crippen LogP contribution in [0.4, 0.5) is 11.5 Å². The lowest BCUT2D eigenvalue weighted by Crippen LogP contribution is -2.14. The average molecular weight is 427 g/mol. The molecule has 162 valence electrons. The Morgan fingerprint density at radius 3 is 2.75 bits per heavy atom. The van der Waals surface area contributed by atoms with Gasteiger partial charge in [-0.1, -0.05) is 36.9 Å². The normalized spacial score (nSPS) is 11.5. The highest BCUT2D eigenvalue weighted by Crippen LogP contribution is 2.33. The van der Waals surface area contributed by atoms with E-state index in [0.717, 1.165) is 22.2 Å². The summed E-state index contributed by atoms with van der Waals surface area (Å²) in [6, 6.07) is 15.3. The molecular formula is C26H26N4O2. The van der Waals surface area contributed by atoms with Gasteiger partial charge in [0, 0.05) is 30.8 Å². The van der Waals surface area contributed by atoms with Gasteiger partial charge in [0.15, 0.2) is 5.82 Å². The number of hydrogen-bond acceptors (Lipinski definition) is 6. The molecule has 0 fully saturated rings. The minimum Gasteiger partial charge on any atom is -0.491 e. The minimum absolute atomic E-state index is 0.447. The van der Waals surface area contributed by atoms with E-state index in [1.165, 1.54) is 0 Å². The Hall–Kier alpha value is -3.95. The van der Waals surface area contributed by atoms with Crippen molar-refractivity contribution < 1.29 is 9.47 Å². The summed E-state index contributed by atoms with van der Waals surface area (Å²) in [5.74, 6) is 1.97. The van der Waals surface area contributed by atoms with Gasteiger partial charge in [-0.25, -0.2) is 9.97 Å². The molecule has 1 heterocycles. The Kier molecular flexibility index (Phi) is 7.74. The summed E-state index contributed by atoms with van der Waals surface area (Å²) in [4.78, 5) is 11.6. The molecule has 0 bridgehead atoms. The van der Waals surface area contributed by atoms with Gasteiger partial charge in [-0.15, -0.1) is 0 Å². The largest absolute Gasteiger partial charge is 0.491 e. The summed E-state index contributed by atoms with van der Waals surface area (Å²) < 4.78 is 10.9. The third-order valence-electron chi connectivity index (χ3n) is 4.83. The minimum atomic E-state index is 0.447. The highest BCUT2D eigenvalue weighted by molar-refractivity contribution is 5.94. The summed E-state index contributed by atoms with van der Waals surface area (Å²) in [6.07, 6.45) is 7.53. The van der Waals surface area contributed by atoms with Gasteiger partial charge >= 0.3 is 0 Å². The molecule has 1 aromatic heterocycles. The first kappa shape index (κ1) is 22.7. The molecule has 0 saturated carbocycles. The molecule has 0 amide bonds. The third kappa shape index (κ3) is 5.20. The second kappa shape index (κ2) is 10.9. The molecule has 0 aliphatic carbocycles. The molecule has 0 N–H and O–H groups in total. The molecule has 0 aliphatic heterocycles.